The average molecular weight is 329 g/mol. The second-order valence-corrected chi connectivity index (χ2v) is 6.98. The second kappa shape index (κ2) is 5.32. The number of rotatable bonds is 1. The first-order valence-corrected chi connectivity index (χ1v) is 7.62. The van der Waals surface area contributed by atoms with Crippen LogP contribution in [-0.4, -0.2) is 10.2 Å². The molecule has 6 heteroatoms. The normalized spacial score (nSPS) is 17.4. The van der Waals surface area contributed by atoms with E-state index in [1.807, 2.05) is 18.2 Å². The zero-order valence-corrected chi connectivity index (χ0v) is 13.9. The van der Waals surface area contributed by atoms with E-state index in [-0.39, 0.29) is 17.2 Å². The van der Waals surface area contributed by atoms with E-state index in [1.165, 1.54) is 0 Å². The molecule has 1 aromatic carbocycles. The van der Waals surface area contributed by atoms with Gasteiger partial charge >= 0.3 is 0 Å². The summed E-state index contributed by atoms with van der Waals surface area (Å²) in [4.78, 5) is 0. The van der Waals surface area contributed by atoms with E-state index < -0.39 is 0 Å². The molecule has 2 aromatic rings. The number of halogens is 1. The van der Waals surface area contributed by atoms with Crippen molar-refractivity contribution in [2.45, 2.75) is 32.1 Å². The topological polar surface area (TPSA) is 87.7 Å². The Balaban J connectivity index is 2.28. The van der Waals surface area contributed by atoms with Crippen molar-refractivity contribution in [2.75, 3.05) is 0 Å². The number of H-pyrrole nitrogens is 1. The lowest BCUT2D eigenvalue weighted by atomic mass is 9.79. The number of fused-ring (bicyclic) bond motifs is 1. The number of hydrogen-bond donors (Lipinski definition) is 2. The smallest absolute Gasteiger partial charge is 0.244 e. The SMILES string of the molecule is CC(C)(C)c1[nH]nc2c1[C@@H](c1cccc(Cl)c1)C(C#N)=C(N)O2. The lowest BCUT2D eigenvalue weighted by Gasteiger charge is -2.27. The van der Waals surface area contributed by atoms with Gasteiger partial charge in [0.25, 0.3) is 0 Å². The summed E-state index contributed by atoms with van der Waals surface area (Å²) in [6.07, 6.45) is 0. The van der Waals surface area contributed by atoms with Crippen LogP contribution in [0.1, 0.15) is 43.5 Å². The van der Waals surface area contributed by atoms with E-state index in [1.54, 1.807) is 6.07 Å². The summed E-state index contributed by atoms with van der Waals surface area (Å²) in [7, 11) is 0. The largest absolute Gasteiger partial charge is 0.420 e. The van der Waals surface area contributed by atoms with Crippen LogP contribution in [-0.2, 0) is 5.41 Å². The van der Waals surface area contributed by atoms with Gasteiger partial charge in [-0.1, -0.05) is 44.5 Å². The highest BCUT2D eigenvalue weighted by atomic mass is 35.5. The molecule has 0 radical (unpaired) electrons. The molecule has 1 aliphatic rings. The van der Waals surface area contributed by atoms with Crippen LogP contribution in [0.3, 0.4) is 0 Å². The Morgan fingerprint density at radius 3 is 2.74 bits per heavy atom. The van der Waals surface area contributed by atoms with E-state index in [0.717, 1.165) is 16.8 Å². The molecule has 2 heterocycles. The van der Waals surface area contributed by atoms with Crippen molar-refractivity contribution in [3.8, 4) is 11.9 Å². The fourth-order valence-electron chi connectivity index (χ4n) is 2.84. The Hall–Kier alpha value is -2.45. The van der Waals surface area contributed by atoms with Crippen LogP contribution in [0.25, 0.3) is 0 Å². The van der Waals surface area contributed by atoms with Crippen LogP contribution in [0.4, 0.5) is 0 Å². The van der Waals surface area contributed by atoms with Crippen LogP contribution >= 0.6 is 11.6 Å². The van der Waals surface area contributed by atoms with Crippen LogP contribution < -0.4 is 10.5 Å². The summed E-state index contributed by atoms with van der Waals surface area (Å²) in [6, 6.07) is 9.59. The third-order valence-corrected chi connectivity index (χ3v) is 4.11. The van der Waals surface area contributed by atoms with Crippen molar-refractivity contribution in [3.05, 3.63) is 57.6 Å². The zero-order valence-electron chi connectivity index (χ0n) is 13.1. The molecule has 1 aliphatic heterocycles. The van der Waals surface area contributed by atoms with Crippen molar-refractivity contribution in [1.29, 1.82) is 5.26 Å². The second-order valence-electron chi connectivity index (χ2n) is 6.55. The first kappa shape index (κ1) is 15.4. The summed E-state index contributed by atoms with van der Waals surface area (Å²) in [5.74, 6) is 0.142. The van der Waals surface area contributed by atoms with Gasteiger partial charge in [0.1, 0.15) is 11.6 Å². The molecule has 3 N–H and O–H groups in total. The highest BCUT2D eigenvalue weighted by Crippen LogP contribution is 2.45. The number of nitriles is 1. The van der Waals surface area contributed by atoms with Crippen molar-refractivity contribution in [2.24, 2.45) is 5.73 Å². The number of ether oxygens (including phenoxy) is 1. The van der Waals surface area contributed by atoms with Gasteiger partial charge in [0.2, 0.25) is 11.8 Å². The summed E-state index contributed by atoms with van der Waals surface area (Å²) >= 11 is 6.14. The predicted molar refractivity (Wildman–Crippen MR) is 88.0 cm³/mol. The number of benzene rings is 1. The van der Waals surface area contributed by atoms with Gasteiger partial charge in [-0.25, -0.2) is 0 Å². The van der Waals surface area contributed by atoms with Gasteiger partial charge in [0.05, 0.1) is 11.5 Å². The molecule has 1 atom stereocenters. The van der Waals surface area contributed by atoms with Crippen LogP contribution in [0.2, 0.25) is 5.02 Å². The van der Waals surface area contributed by atoms with Crippen LogP contribution in [0.5, 0.6) is 5.88 Å². The molecule has 0 spiro atoms. The van der Waals surface area contributed by atoms with E-state index >= 15 is 0 Å². The van der Waals surface area contributed by atoms with Crippen LogP contribution in [0, 0.1) is 11.3 Å². The molecule has 0 bridgehead atoms. The number of allylic oxidation sites excluding steroid dienone is 1. The van der Waals surface area contributed by atoms with E-state index in [4.69, 9.17) is 22.1 Å². The number of nitrogens with two attached hydrogens (primary N) is 1. The number of aromatic amines is 1. The quantitative estimate of drug-likeness (QED) is 0.837. The molecule has 0 amide bonds. The Morgan fingerprint density at radius 1 is 1.39 bits per heavy atom. The standard InChI is InChI=1S/C17H17ClN4O/c1-17(2,3)14-13-12(9-5-4-6-10(18)7-9)11(8-19)15(20)23-16(13)22-21-14/h4-7,12H,20H2,1-3H3,(H,21,22)/t12-/m0/s1. The Labute approximate surface area is 139 Å². The van der Waals surface area contributed by atoms with Gasteiger partial charge in [-0.15, -0.1) is 5.10 Å². The predicted octanol–water partition coefficient (Wildman–Crippen LogP) is 3.58. The molecule has 0 saturated heterocycles. The highest BCUT2D eigenvalue weighted by Gasteiger charge is 2.37. The van der Waals surface area contributed by atoms with Crippen molar-refractivity contribution in [3.63, 3.8) is 0 Å². The lowest BCUT2D eigenvalue weighted by molar-refractivity contribution is 0.378. The van der Waals surface area contributed by atoms with Crippen molar-refractivity contribution < 1.29 is 4.74 Å². The minimum absolute atomic E-state index is 0.0805. The van der Waals surface area contributed by atoms with Crippen LogP contribution in [0.15, 0.2) is 35.7 Å². The maximum atomic E-state index is 9.59. The Bertz CT molecular complexity index is 839. The van der Waals surface area contributed by atoms with Crippen molar-refractivity contribution in [1.82, 2.24) is 10.2 Å². The molecule has 23 heavy (non-hydrogen) atoms. The number of nitrogens with zero attached hydrogens (tertiary/aromatic N) is 2. The first-order valence-electron chi connectivity index (χ1n) is 7.24. The minimum atomic E-state index is -0.351. The van der Waals surface area contributed by atoms with E-state index in [0.29, 0.717) is 16.5 Å². The molecule has 3 rings (SSSR count). The molecule has 0 saturated carbocycles. The van der Waals surface area contributed by atoms with E-state index in [9.17, 15) is 5.26 Å². The minimum Gasteiger partial charge on any atom is -0.420 e. The summed E-state index contributed by atoms with van der Waals surface area (Å²) < 4.78 is 5.55. The maximum Gasteiger partial charge on any atom is 0.244 e. The van der Waals surface area contributed by atoms with Crippen molar-refractivity contribution >= 4 is 11.6 Å². The summed E-state index contributed by atoms with van der Waals surface area (Å²) in [5.41, 5.74) is 8.75. The van der Waals surface area contributed by atoms with Gasteiger partial charge in [-0.3, -0.25) is 5.10 Å². The fraction of sp³-hybridized carbons (Fsp3) is 0.294. The lowest BCUT2D eigenvalue weighted by Crippen LogP contribution is -2.23. The molecular weight excluding hydrogens is 312 g/mol. The fourth-order valence-corrected chi connectivity index (χ4v) is 3.03. The molecule has 0 aliphatic carbocycles. The summed E-state index contributed by atoms with van der Waals surface area (Å²) in [6.45, 7) is 6.22. The summed E-state index contributed by atoms with van der Waals surface area (Å²) in [5, 5.41) is 17.5. The van der Waals surface area contributed by atoms with Gasteiger partial charge in [0.15, 0.2) is 0 Å². The number of hydrogen-bond acceptors (Lipinski definition) is 4. The maximum absolute atomic E-state index is 9.59. The van der Waals surface area contributed by atoms with Gasteiger partial charge in [-0.05, 0) is 17.7 Å². The molecular formula is C17H17ClN4O. The first-order chi connectivity index (χ1) is 10.8. The monoisotopic (exact) mass is 328 g/mol. The third-order valence-electron chi connectivity index (χ3n) is 3.87. The molecule has 118 valence electrons. The molecule has 0 fully saturated rings. The van der Waals surface area contributed by atoms with E-state index in [2.05, 4.69) is 37.0 Å². The number of aromatic nitrogens is 2. The molecule has 0 unspecified atom stereocenters. The zero-order chi connectivity index (χ0) is 16.8. The third kappa shape index (κ3) is 2.55. The Morgan fingerprint density at radius 2 is 2.13 bits per heavy atom. The molecule has 1 aromatic heterocycles. The van der Waals surface area contributed by atoms with Gasteiger partial charge < -0.3 is 10.5 Å². The molecule has 5 nitrogen and oxygen atoms in total. The van der Waals surface area contributed by atoms with Gasteiger partial charge in [-0.2, -0.15) is 5.26 Å². The average Bonchev–Trinajstić information content (AvgIpc) is 2.89. The Kier molecular flexibility index (Phi) is 3.57. The van der Waals surface area contributed by atoms with Gasteiger partial charge in [0, 0.05) is 16.1 Å². The highest BCUT2D eigenvalue weighted by molar-refractivity contribution is 6.30. The number of nitrogens with one attached hydrogen (secondary N) is 1.